The maximum absolute atomic E-state index is 12.9. The van der Waals surface area contributed by atoms with E-state index in [0.717, 1.165) is 10.9 Å². The van der Waals surface area contributed by atoms with Gasteiger partial charge in [-0.2, -0.15) is 0 Å². The van der Waals surface area contributed by atoms with Crippen molar-refractivity contribution in [3.8, 4) is 5.88 Å². The zero-order chi connectivity index (χ0) is 22.0. The molecule has 158 valence electrons. The summed E-state index contributed by atoms with van der Waals surface area (Å²) in [4.78, 5) is 13.1. The number of para-hydroxylation sites is 1. The van der Waals surface area contributed by atoms with E-state index in [1.807, 2.05) is 36.4 Å². The van der Waals surface area contributed by atoms with Gasteiger partial charge in [0.15, 0.2) is 0 Å². The quantitative estimate of drug-likeness (QED) is 0.454. The summed E-state index contributed by atoms with van der Waals surface area (Å²) in [6.45, 7) is 3.49. The van der Waals surface area contributed by atoms with E-state index in [9.17, 15) is 8.42 Å². The number of hydrogen-bond acceptors (Lipinski definition) is 6. The molecule has 0 unspecified atom stereocenters. The number of nitrogens with zero attached hydrogens (tertiary/aromatic N) is 3. The van der Waals surface area contributed by atoms with Gasteiger partial charge in [0.05, 0.1) is 28.0 Å². The molecule has 0 spiro atoms. The highest BCUT2D eigenvalue weighted by atomic mass is 35.5. The molecule has 2 aromatic heterocycles. The Morgan fingerprint density at radius 3 is 2.65 bits per heavy atom. The Hall–Kier alpha value is -3.23. The van der Waals surface area contributed by atoms with Crippen molar-refractivity contribution in [1.29, 1.82) is 0 Å². The van der Waals surface area contributed by atoms with Gasteiger partial charge >= 0.3 is 0 Å². The second-order valence-corrected chi connectivity index (χ2v) is 8.98. The van der Waals surface area contributed by atoms with Gasteiger partial charge in [0.2, 0.25) is 5.82 Å². The number of nitrogens with one attached hydrogen (secondary N) is 1. The largest absolute Gasteiger partial charge is 0.469 e. The summed E-state index contributed by atoms with van der Waals surface area (Å²) in [6.07, 6.45) is 1.46. The van der Waals surface area contributed by atoms with E-state index < -0.39 is 10.0 Å². The molecule has 4 aromatic rings. The van der Waals surface area contributed by atoms with Crippen LogP contribution in [0.5, 0.6) is 5.88 Å². The van der Waals surface area contributed by atoms with Crippen molar-refractivity contribution < 1.29 is 13.2 Å². The van der Waals surface area contributed by atoms with E-state index in [0.29, 0.717) is 22.0 Å². The van der Waals surface area contributed by atoms with Crippen LogP contribution in [0.2, 0.25) is 5.02 Å². The highest BCUT2D eigenvalue weighted by Gasteiger charge is 2.22. The van der Waals surface area contributed by atoms with E-state index in [4.69, 9.17) is 16.3 Å². The summed E-state index contributed by atoms with van der Waals surface area (Å²) < 4.78 is 34.1. The molecule has 4 rings (SSSR count). The van der Waals surface area contributed by atoms with E-state index in [1.165, 1.54) is 12.3 Å². The fourth-order valence-corrected chi connectivity index (χ4v) is 4.52. The molecule has 0 atom stereocenters. The maximum atomic E-state index is 12.9. The number of rotatable bonds is 6. The molecule has 0 amide bonds. The molecule has 31 heavy (non-hydrogen) atoms. The molecule has 0 fully saturated rings. The maximum Gasteiger partial charge on any atom is 0.263 e. The van der Waals surface area contributed by atoms with Gasteiger partial charge in [-0.15, -0.1) is 0 Å². The van der Waals surface area contributed by atoms with Crippen molar-refractivity contribution >= 4 is 38.3 Å². The fraction of sp³-hybridized carbons (Fsp3) is 0.136. The summed E-state index contributed by atoms with van der Waals surface area (Å²) in [5, 5.41) is 1.38. The van der Waals surface area contributed by atoms with Crippen LogP contribution in [-0.2, 0) is 16.6 Å². The summed E-state index contributed by atoms with van der Waals surface area (Å²) in [6, 6.07) is 16.2. The number of sulfonamides is 1. The first-order valence-corrected chi connectivity index (χ1v) is 11.3. The number of fused-ring (bicyclic) bond motifs is 1. The molecule has 7 nitrogen and oxygen atoms in total. The van der Waals surface area contributed by atoms with E-state index in [-0.39, 0.29) is 23.2 Å². The summed E-state index contributed by atoms with van der Waals surface area (Å²) in [5.41, 5.74) is 2.56. The second-order valence-electron chi connectivity index (χ2n) is 6.92. The van der Waals surface area contributed by atoms with E-state index in [1.54, 1.807) is 26.0 Å². The number of hydrogen-bond donors (Lipinski definition) is 1. The number of pyridine rings is 1. The van der Waals surface area contributed by atoms with Crippen LogP contribution in [0, 0.1) is 13.8 Å². The van der Waals surface area contributed by atoms with Crippen LogP contribution in [0.25, 0.3) is 10.9 Å². The van der Waals surface area contributed by atoms with Gasteiger partial charge in [-0.3, -0.25) is 4.72 Å². The lowest BCUT2D eigenvalue weighted by atomic mass is 10.2. The predicted molar refractivity (Wildman–Crippen MR) is 120 cm³/mol. The van der Waals surface area contributed by atoms with Crippen LogP contribution in [0.4, 0.5) is 5.82 Å². The van der Waals surface area contributed by atoms with Crippen molar-refractivity contribution in [2.45, 2.75) is 25.3 Å². The lowest BCUT2D eigenvalue weighted by Crippen LogP contribution is -2.17. The molecule has 0 saturated carbocycles. The Kier molecular flexibility index (Phi) is 5.75. The minimum absolute atomic E-state index is 0.00855. The molecule has 0 aliphatic carbocycles. The minimum Gasteiger partial charge on any atom is -0.469 e. The standard InChI is InChI=1S/C22H19ClN4O3S/c1-14-12-24-21(27-31(28,29)20-9-5-7-18(23)15(20)2)22(25-14)30-13-17-11-10-16-6-3-4-8-19(16)26-17/h3-12H,13H2,1-2H3,(H,24,27). The van der Waals surface area contributed by atoms with Gasteiger partial charge in [-0.1, -0.05) is 41.9 Å². The highest BCUT2D eigenvalue weighted by molar-refractivity contribution is 7.92. The molecule has 0 bridgehead atoms. The van der Waals surface area contributed by atoms with Crippen LogP contribution < -0.4 is 9.46 Å². The summed E-state index contributed by atoms with van der Waals surface area (Å²) in [7, 11) is -3.95. The smallest absolute Gasteiger partial charge is 0.263 e. The normalized spacial score (nSPS) is 11.5. The predicted octanol–water partition coefficient (Wildman–Crippen LogP) is 4.67. The van der Waals surface area contributed by atoms with Crippen molar-refractivity contribution in [2.24, 2.45) is 0 Å². The third kappa shape index (κ3) is 4.60. The summed E-state index contributed by atoms with van der Waals surface area (Å²) >= 11 is 6.08. The van der Waals surface area contributed by atoms with Gasteiger partial charge < -0.3 is 4.74 Å². The molecule has 2 heterocycles. The van der Waals surface area contributed by atoms with Gasteiger partial charge in [0.1, 0.15) is 6.61 Å². The Balaban J connectivity index is 1.60. The number of anilines is 1. The second kappa shape index (κ2) is 8.49. The van der Waals surface area contributed by atoms with E-state index >= 15 is 0 Å². The third-order valence-corrected chi connectivity index (χ3v) is 6.51. The van der Waals surface area contributed by atoms with Crippen LogP contribution in [-0.4, -0.2) is 23.4 Å². The Morgan fingerprint density at radius 2 is 1.81 bits per heavy atom. The van der Waals surface area contributed by atoms with Crippen molar-refractivity contribution in [2.75, 3.05) is 4.72 Å². The van der Waals surface area contributed by atoms with Gasteiger partial charge in [0, 0.05) is 10.4 Å². The number of aryl methyl sites for hydroxylation is 1. The minimum atomic E-state index is -3.95. The topological polar surface area (TPSA) is 94.1 Å². The number of ether oxygens (including phenoxy) is 1. The lowest BCUT2D eigenvalue weighted by Gasteiger charge is -2.14. The number of benzene rings is 2. The van der Waals surface area contributed by atoms with Crippen LogP contribution in [0.3, 0.4) is 0 Å². The van der Waals surface area contributed by atoms with Gasteiger partial charge in [0.25, 0.3) is 15.9 Å². The molecule has 9 heteroatoms. The Bertz CT molecular complexity index is 1380. The van der Waals surface area contributed by atoms with Crippen LogP contribution in [0.15, 0.2) is 65.7 Å². The monoisotopic (exact) mass is 454 g/mol. The zero-order valence-corrected chi connectivity index (χ0v) is 18.4. The molecule has 2 aromatic carbocycles. The molecular weight excluding hydrogens is 436 g/mol. The number of halogens is 1. The molecule has 0 aliphatic rings. The van der Waals surface area contributed by atoms with Gasteiger partial charge in [-0.25, -0.2) is 23.4 Å². The van der Waals surface area contributed by atoms with Crippen molar-refractivity contribution in [3.05, 3.63) is 82.8 Å². The van der Waals surface area contributed by atoms with Crippen molar-refractivity contribution in [3.63, 3.8) is 0 Å². The highest BCUT2D eigenvalue weighted by Crippen LogP contribution is 2.27. The van der Waals surface area contributed by atoms with E-state index in [2.05, 4.69) is 19.7 Å². The molecule has 0 saturated heterocycles. The average Bonchev–Trinajstić information content (AvgIpc) is 2.75. The number of aromatic nitrogens is 3. The van der Waals surface area contributed by atoms with Crippen molar-refractivity contribution in [1.82, 2.24) is 15.0 Å². The SMILES string of the molecule is Cc1cnc(NS(=O)(=O)c2cccc(Cl)c2C)c(OCc2ccc3ccccc3n2)n1. The first-order valence-electron chi connectivity index (χ1n) is 9.42. The molecular formula is C22H19ClN4O3S. The Labute approximate surface area is 185 Å². The average molecular weight is 455 g/mol. The Morgan fingerprint density at radius 1 is 1.00 bits per heavy atom. The lowest BCUT2D eigenvalue weighted by molar-refractivity contribution is 0.290. The molecule has 0 radical (unpaired) electrons. The zero-order valence-electron chi connectivity index (χ0n) is 16.8. The fourth-order valence-electron chi connectivity index (χ4n) is 3.02. The first kappa shape index (κ1) is 21.0. The molecule has 1 N–H and O–H groups in total. The van der Waals surface area contributed by atoms with Crippen LogP contribution in [0.1, 0.15) is 17.0 Å². The summed E-state index contributed by atoms with van der Waals surface area (Å²) in [5.74, 6) is 0.0592. The van der Waals surface area contributed by atoms with Crippen LogP contribution >= 0.6 is 11.6 Å². The first-order chi connectivity index (χ1) is 14.8. The van der Waals surface area contributed by atoms with Gasteiger partial charge in [-0.05, 0) is 43.7 Å². The molecule has 0 aliphatic heterocycles. The third-order valence-electron chi connectivity index (χ3n) is 4.61.